The molecule has 0 saturated carbocycles. The topological polar surface area (TPSA) is 38.0 Å². The maximum Gasteiger partial charge on any atom is 0.148 e. The van der Waals surface area contributed by atoms with E-state index in [0.29, 0.717) is 16.4 Å². The van der Waals surface area contributed by atoms with E-state index in [1.54, 1.807) is 18.2 Å². The van der Waals surface area contributed by atoms with Crippen LogP contribution in [0.15, 0.2) is 36.4 Å². The van der Waals surface area contributed by atoms with Crippen LogP contribution in [0.5, 0.6) is 0 Å². The molecule has 0 spiro atoms. The van der Waals surface area contributed by atoms with Crippen molar-refractivity contribution in [3.63, 3.8) is 0 Å². The smallest absolute Gasteiger partial charge is 0.148 e. The summed E-state index contributed by atoms with van der Waals surface area (Å²) in [6.45, 7) is 1.95. The predicted molar refractivity (Wildman–Crippen MR) is 70.3 cm³/mol. The summed E-state index contributed by atoms with van der Waals surface area (Å²) in [4.78, 5) is 0. The average Bonchev–Trinajstić information content (AvgIpc) is 2.30. The van der Waals surface area contributed by atoms with E-state index in [-0.39, 0.29) is 5.69 Å². The second-order valence-corrected chi connectivity index (χ2v) is 4.22. The van der Waals surface area contributed by atoms with E-state index in [1.165, 1.54) is 6.07 Å². The van der Waals surface area contributed by atoms with Crippen LogP contribution in [-0.2, 0) is 0 Å². The molecular weight excluding hydrogens is 239 g/mol. The molecule has 3 N–H and O–H groups in total. The second kappa shape index (κ2) is 4.63. The predicted octanol–water partition coefficient (Wildman–Crippen LogP) is 4.11. The zero-order valence-electron chi connectivity index (χ0n) is 9.30. The number of nitrogens with one attached hydrogen (secondary N) is 1. The largest absolute Gasteiger partial charge is 0.395 e. The van der Waals surface area contributed by atoms with Crippen LogP contribution >= 0.6 is 11.6 Å². The molecule has 4 heteroatoms. The lowest BCUT2D eigenvalue weighted by Crippen LogP contribution is -1.99. The first kappa shape index (κ1) is 11.7. The summed E-state index contributed by atoms with van der Waals surface area (Å²) in [6, 6.07) is 10.2. The molecule has 88 valence electrons. The summed E-state index contributed by atoms with van der Waals surface area (Å²) in [5.41, 5.74) is 8.01. The Hall–Kier alpha value is -1.74. The number of halogens is 2. The molecule has 2 rings (SSSR count). The molecule has 2 aromatic rings. The highest BCUT2D eigenvalue weighted by Crippen LogP contribution is 2.30. The molecule has 0 radical (unpaired) electrons. The Kier molecular flexibility index (Phi) is 3.20. The first-order chi connectivity index (χ1) is 8.08. The van der Waals surface area contributed by atoms with E-state index in [1.807, 2.05) is 19.1 Å². The number of anilines is 3. The quantitative estimate of drug-likeness (QED) is 0.787. The third-order valence-electron chi connectivity index (χ3n) is 2.44. The summed E-state index contributed by atoms with van der Waals surface area (Å²) < 4.78 is 13.3. The fourth-order valence-corrected chi connectivity index (χ4v) is 1.69. The number of aryl methyl sites for hydroxylation is 1. The van der Waals surface area contributed by atoms with E-state index in [2.05, 4.69) is 5.32 Å². The van der Waals surface area contributed by atoms with Crippen LogP contribution in [0.2, 0.25) is 5.02 Å². The molecular formula is C13H12ClFN2. The third-order valence-corrected chi connectivity index (χ3v) is 2.77. The van der Waals surface area contributed by atoms with Crippen molar-refractivity contribution in [3.8, 4) is 0 Å². The van der Waals surface area contributed by atoms with Gasteiger partial charge in [-0.2, -0.15) is 0 Å². The summed E-state index contributed by atoms with van der Waals surface area (Å²) in [6.07, 6.45) is 0. The molecule has 0 fully saturated rings. The minimum atomic E-state index is -0.446. The molecule has 2 aromatic carbocycles. The Bertz CT molecular complexity index is 555. The Balaban J connectivity index is 2.38. The van der Waals surface area contributed by atoms with Gasteiger partial charge in [-0.1, -0.05) is 23.7 Å². The molecule has 0 bridgehead atoms. The van der Waals surface area contributed by atoms with E-state index < -0.39 is 5.82 Å². The minimum Gasteiger partial charge on any atom is -0.395 e. The SMILES string of the molecule is Cc1ccc(Cl)c(Nc2cccc(F)c2N)c1. The van der Waals surface area contributed by atoms with Gasteiger partial charge in [-0.25, -0.2) is 4.39 Å². The maximum absolute atomic E-state index is 13.3. The van der Waals surface area contributed by atoms with Crippen molar-refractivity contribution in [2.45, 2.75) is 6.92 Å². The van der Waals surface area contributed by atoms with Crippen LogP contribution in [-0.4, -0.2) is 0 Å². The van der Waals surface area contributed by atoms with Crippen molar-refractivity contribution in [3.05, 3.63) is 52.8 Å². The first-order valence-corrected chi connectivity index (χ1v) is 5.53. The molecule has 0 saturated heterocycles. The van der Waals surface area contributed by atoms with Gasteiger partial charge in [-0.3, -0.25) is 0 Å². The van der Waals surface area contributed by atoms with Gasteiger partial charge in [0.15, 0.2) is 0 Å². The maximum atomic E-state index is 13.3. The van der Waals surface area contributed by atoms with Crippen molar-refractivity contribution >= 4 is 28.7 Å². The molecule has 0 aliphatic carbocycles. The first-order valence-electron chi connectivity index (χ1n) is 5.15. The van der Waals surface area contributed by atoms with Crippen molar-refractivity contribution in [2.24, 2.45) is 0 Å². The van der Waals surface area contributed by atoms with Gasteiger partial charge in [-0.05, 0) is 36.8 Å². The van der Waals surface area contributed by atoms with Crippen molar-refractivity contribution < 1.29 is 4.39 Å². The molecule has 0 aliphatic heterocycles. The Morgan fingerprint density at radius 1 is 1.18 bits per heavy atom. The Morgan fingerprint density at radius 3 is 2.71 bits per heavy atom. The van der Waals surface area contributed by atoms with Crippen LogP contribution in [0.4, 0.5) is 21.5 Å². The summed E-state index contributed by atoms with van der Waals surface area (Å²) in [5, 5.41) is 3.59. The number of rotatable bonds is 2. The van der Waals surface area contributed by atoms with Gasteiger partial charge in [0, 0.05) is 0 Å². The lowest BCUT2D eigenvalue weighted by atomic mass is 10.2. The number of para-hydroxylation sites is 1. The van der Waals surface area contributed by atoms with E-state index >= 15 is 0 Å². The lowest BCUT2D eigenvalue weighted by Gasteiger charge is -2.11. The molecule has 17 heavy (non-hydrogen) atoms. The zero-order chi connectivity index (χ0) is 12.4. The molecule has 0 amide bonds. The van der Waals surface area contributed by atoms with Crippen molar-refractivity contribution in [1.82, 2.24) is 0 Å². The highest BCUT2D eigenvalue weighted by Gasteiger charge is 2.06. The third kappa shape index (κ3) is 2.50. The van der Waals surface area contributed by atoms with Crippen LogP contribution in [0.3, 0.4) is 0 Å². The molecule has 0 atom stereocenters. The van der Waals surface area contributed by atoms with Gasteiger partial charge in [0.2, 0.25) is 0 Å². The van der Waals surface area contributed by atoms with Crippen LogP contribution in [0, 0.1) is 12.7 Å². The Morgan fingerprint density at radius 2 is 1.94 bits per heavy atom. The second-order valence-electron chi connectivity index (χ2n) is 3.81. The summed E-state index contributed by atoms with van der Waals surface area (Å²) >= 11 is 6.04. The number of nitrogens with two attached hydrogens (primary N) is 1. The van der Waals surface area contributed by atoms with Gasteiger partial charge in [0.25, 0.3) is 0 Å². The van der Waals surface area contributed by atoms with E-state index in [9.17, 15) is 4.39 Å². The standard InChI is InChI=1S/C13H12ClFN2/c1-8-5-6-9(14)12(7-8)17-11-4-2-3-10(15)13(11)16/h2-7,17H,16H2,1H3. The molecule has 0 aromatic heterocycles. The van der Waals surface area contributed by atoms with Gasteiger partial charge < -0.3 is 11.1 Å². The summed E-state index contributed by atoms with van der Waals surface area (Å²) in [7, 11) is 0. The average molecular weight is 251 g/mol. The summed E-state index contributed by atoms with van der Waals surface area (Å²) in [5.74, 6) is -0.446. The molecule has 0 aliphatic rings. The fraction of sp³-hybridized carbons (Fsp3) is 0.0769. The van der Waals surface area contributed by atoms with Gasteiger partial charge in [0.1, 0.15) is 5.82 Å². The molecule has 2 nitrogen and oxygen atoms in total. The molecule has 0 heterocycles. The lowest BCUT2D eigenvalue weighted by molar-refractivity contribution is 0.633. The highest BCUT2D eigenvalue weighted by molar-refractivity contribution is 6.33. The van der Waals surface area contributed by atoms with Gasteiger partial charge in [0.05, 0.1) is 22.1 Å². The van der Waals surface area contributed by atoms with E-state index in [4.69, 9.17) is 17.3 Å². The highest BCUT2D eigenvalue weighted by atomic mass is 35.5. The number of benzene rings is 2. The van der Waals surface area contributed by atoms with Crippen LogP contribution in [0.25, 0.3) is 0 Å². The van der Waals surface area contributed by atoms with Crippen molar-refractivity contribution in [1.29, 1.82) is 0 Å². The van der Waals surface area contributed by atoms with Gasteiger partial charge in [-0.15, -0.1) is 0 Å². The monoisotopic (exact) mass is 250 g/mol. The van der Waals surface area contributed by atoms with E-state index in [0.717, 1.165) is 5.56 Å². The fourth-order valence-electron chi connectivity index (χ4n) is 1.53. The molecule has 0 unspecified atom stereocenters. The Labute approximate surface area is 104 Å². The van der Waals surface area contributed by atoms with Crippen molar-refractivity contribution in [2.75, 3.05) is 11.1 Å². The van der Waals surface area contributed by atoms with Crippen LogP contribution < -0.4 is 11.1 Å². The normalized spacial score (nSPS) is 10.3. The number of nitrogen functional groups attached to an aromatic ring is 1. The number of hydrogen-bond donors (Lipinski definition) is 2. The number of hydrogen-bond acceptors (Lipinski definition) is 2. The van der Waals surface area contributed by atoms with Crippen LogP contribution in [0.1, 0.15) is 5.56 Å². The minimum absolute atomic E-state index is 0.0880. The zero-order valence-corrected chi connectivity index (χ0v) is 10.1. The van der Waals surface area contributed by atoms with Gasteiger partial charge >= 0.3 is 0 Å².